The van der Waals surface area contributed by atoms with E-state index in [1.54, 1.807) is 6.20 Å². The third-order valence-electron chi connectivity index (χ3n) is 5.26. The number of hydrogen-bond acceptors (Lipinski definition) is 4. The van der Waals surface area contributed by atoms with E-state index in [4.69, 9.17) is 11.5 Å². The number of rotatable bonds is 5. The molecular formula is C21H28N6O. The van der Waals surface area contributed by atoms with Crippen LogP contribution in [0.5, 0.6) is 0 Å². The Morgan fingerprint density at radius 3 is 2.64 bits per heavy atom. The van der Waals surface area contributed by atoms with Crippen molar-refractivity contribution in [2.45, 2.75) is 33.2 Å². The number of carbonyl (C=O) groups excluding carboxylic acids is 1. The molecule has 1 aromatic carbocycles. The van der Waals surface area contributed by atoms with Gasteiger partial charge in [-0.2, -0.15) is 0 Å². The molecular weight excluding hydrogens is 352 g/mol. The zero-order chi connectivity index (χ0) is 20.1. The van der Waals surface area contributed by atoms with E-state index in [1.165, 1.54) is 11.1 Å². The maximum atomic E-state index is 11.4. The van der Waals surface area contributed by atoms with Gasteiger partial charge < -0.3 is 21.7 Å². The Kier molecular flexibility index (Phi) is 6.13. The van der Waals surface area contributed by atoms with Gasteiger partial charge in [-0.3, -0.25) is 4.79 Å². The van der Waals surface area contributed by atoms with E-state index in [0.717, 1.165) is 43.0 Å². The average Bonchev–Trinajstić information content (AvgIpc) is 2.69. The Hall–Kier alpha value is -3.09. The van der Waals surface area contributed by atoms with Gasteiger partial charge in [0.05, 0.1) is 6.54 Å². The standard InChI is InChI=1S/C21H28N6O/c1-14-5-6-18(12-15(14)2)26-21(23)25-13-17-4-3-9-24-20(17)27-10-7-16(8-11-27)19(22)28/h3-6,9,12,16H,7-8,10-11,13H2,1-2H3,(H2,22,28)(H3,23,25,26). The van der Waals surface area contributed by atoms with E-state index in [-0.39, 0.29) is 11.8 Å². The average molecular weight is 380 g/mol. The number of aromatic nitrogens is 1. The highest BCUT2D eigenvalue weighted by Gasteiger charge is 2.24. The summed E-state index contributed by atoms with van der Waals surface area (Å²) in [7, 11) is 0. The lowest BCUT2D eigenvalue weighted by atomic mass is 9.96. The monoisotopic (exact) mass is 380 g/mol. The van der Waals surface area contributed by atoms with Crippen LogP contribution in [-0.2, 0) is 11.3 Å². The van der Waals surface area contributed by atoms with Crippen LogP contribution in [0.2, 0.25) is 0 Å². The summed E-state index contributed by atoms with van der Waals surface area (Å²) in [5.74, 6) is 1.01. The third kappa shape index (κ3) is 4.79. The molecule has 28 heavy (non-hydrogen) atoms. The van der Waals surface area contributed by atoms with E-state index in [0.29, 0.717) is 12.5 Å². The third-order valence-corrected chi connectivity index (χ3v) is 5.26. The van der Waals surface area contributed by atoms with Gasteiger partial charge in [0.2, 0.25) is 5.91 Å². The van der Waals surface area contributed by atoms with Crippen molar-refractivity contribution in [1.82, 2.24) is 4.98 Å². The molecule has 2 aromatic rings. The van der Waals surface area contributed by atoms with Gasteiger partial charge >= 0.3 is 0 Å². The summed E-state index contributed by atoms with van der Waals surface area (Å²) in [5, 5.41) is 3.14. The van der Waals surface area contributed by atoms with E-state index in [2.05, 4.69) is 46.2 Å². The summed E-state index contributed by atoms with van der Waals surface area (Å²) >= 11 is 0. The Bertz CT molecular complexity index is 871. The van der Waals surface area contributed by atoms with Crippen LogP contribution in [0.15, 0.2) is 41.5 Å². The van der Waals surface area contributed by atoms with Gasteiger partial charge in [-0.05, 0) is 56.0 Å². The molecule has 2 heterocycles. The van der Waals surface area contributed by atoms with Crippen molar-refractivity contribution in [3.63, 3.8) is 0 Å². The Labute approximate surface area is 165 Å². The molecule has 0 unspecified atom stereocenters. The number of primary amides is 1. The largest absolute Gasteiger partial charge is 0.370 e. The molecule has 7 nitrogen and oxygen atoms in total. The molecule has 1 aromatic heterocycles. The topological polar surface area (TPSA) is 110 Å². The number of pyridine rings is 1. The second-order valence-corrected chi connectivity index (χ2v) is 7.28. The summed E-state index contributed by atoms with van der Waals surface area (Å²) in [6.07, 6.45) is 3.29. The highest BCUT2D eigenvalue weighted by molar-refractivity contribution is 5.92. The molecule has 0 radical (unpaired) electrons. The fourth-order valence-electron chi connectivity index (χ4n) is 3.39. The number of benzene rings is 1. The number of aryl methyl sites for hydroxylation is 2. The van der Waals surface area contributed by atoms with Gasteiger partial charge in [0.15, 0.2) is 5.96 Å². The van der Waals surface area contributed by atoms with Gasteiger partial charge in [0, 0.05) is 36.5 Å². The van der Waals surface area contributed by atoms with Crippen LogP contribution in [0, 0.1) is 19.8 Å². The highest BCUT2D eigenvalue weighted by Crippen LogP contribution is 2.25. The van der Waals surface area contributed by atoms with Crippen molar-refractivity contribution < 1.29 is 4.79 Å². The van der Waals surface area contributed by atoms with Gasteiger partial charge in [-0.1, -0.05) is 12.1 Å². The predicted octanol–water partition coefficient (Wildman–Crippen LogP) is 2.33. The van der Waals surface area contributed by atoms with E-state index < -0.39 is 0 Å². The van der Waals surface area contributed by atoms with Crippen molar-refractivity contribution in [3.8, 4) is 0 Å². The second kappa shape index (κ2) is 8.73. The molecule has 7 heteroatoms. The molecule has 0 atom stereocenters. The lowest BCUT2D eigenvalue weighted by Gasteiger charge is -2.32. The maximum Gasteiger partial charge on any atom is 0.220 e. The molecule has 0 saturated carbocycles. The van der Waals surface area contributed by atoms with Crippen LogP contribution in [-0.4, -0.2) is 29.9 Å². The van der Waals surface area contributed by atoms with Crippen LogP contribution < -0.4 is 21.7 Å². The number of piperidine rings is 1. The molecule has 5 N–H and O–H groups in total. The number of nitrogens with two attached hydrogens (primary N) is 2. The SMILES string of the molecule is Cc1ccc(NC(N)=NCc2cccnc2N2CCC(C(N)=O)CC2)cc1C. The molecule has 1 aliphatic heterocycles. The first-order valence-electron chi connectivity index (χ1n) is 9.56. The Balaban J connectivity index is 1.67. The lowest BCUT2D eigenvalue weighted by Crippen LogP contribution is -2.39. The molecule has 1 amide bonds. The Morgan fingerprint density at radius 2 is 1.96 bits per heavy atom. The van der Waals surface area contributed by atoms with Crippen molar-refractivity contribution in [1.29, 1.82) is 0 Å². The molecule has 0 bridgehead atoms. The maximum absolute atomic E-state index is 11.4. The highest BCUT2D eigenvalue weighted by atomic mass is 16.1. The predicted molar refractivity (Wildman–Crippen MR) is 113 cm³/mol. The number of nitrogens with one attached hydrogen (secondary N) is 1. The molecule has 1 fully saturated rings. The van der Waals surface area contributed by atoms with E-state index in [9.17, 15) is 4.79 Å². The van der Waals surface area contributed by atoms with Gasteiger partial charge in [0.1, 0.15) is 5.82 Å². The molecule has 3 rings (SSSR count). The van der Waals surface area contributed by atoms with Crippen LogP contribution in [0.3, 0.4) is 0 Å². The summed E-state index contributed by atoms with van der Waals surface area (Å²) < 4.78 is 0. The van der Waals surface area contributed by atoms with Crippen molar-refractivity contribution in [2.75, 3.05) is 23.3 Å². The van der Waals surface area contributed by atoms with Crippen LogP contribution >= 0.6 is 0 Å². The summed E-state index contributed by atoms with van der Waals surface area (Å²) in [5.41, 5.74) is 15.9. The number of amides is 1. The van der Waals surface area contributed by atoms with Crippen LogP contribution in [0.25, 0.3) is 0 Å². The molecule has 1 saturated heterocycles. The van der Waals surface area contributed by atoms with Crippen molar-refractivity contribution >= 4 is 23.4 Å². The fourth-order valence-corrected chi connectivity index (χ4v) is 3.39. The second-order valence-electron chi connectivity index (χ2n) is 7.28. The minimum absolute atomic E-state index is 0.0424. The van der Waals surface area contributed by atoms with Crippen LogP contribution in [0.1, 0.15) is 29.5 Å². The first-order chi connectivity index (χ1) is 13.4. The number of hydrogen-bond donors (Lipinski definition) is 3. The smallest absolute Gasteiger partial charge is 0.220 e. The van der Waals surface area contributed by atoms with Crippen molar-refractivity contribution in [2.24, 2.45) is 22.4 Å². The minimum Gasteiger partial charge on any atom is -0.370 e. The zero-order valence-corrected chi connectivity index (χ0v) is 16.5. The minimum atomic E-state index is -0.212. The number of carbonyl (C=O) groups is 1. The molecule has 0 spiro atoms. The van der Waals surface area contributed by atoms with Gasteiger partial charge in [-0.15, -0.1) is 0 Å². The summed E-state index contributed by atoms with van der Waals surface area (Å²) in [6.45, 7) is 6.10. The fraction of sp³-hybridized carbons (Fsp3) is 0.381. The van der Waals surface area contributed by atoms with Crippen LogP contribution in [0.4, 0.5) is 11.5 Å². The van der Waals surface area contributed by atoms with E-state index in [1.807, 2.05) is 18.2 Å². The number of nitrogens with zero attached hydrogens (tertiary/aromatic N) is 3. The zero-order valence-electron chi connectivity index (χ0n) is 16.5. The first-order valence-corrected chi connectivity index (χ1v) is 9.56. The van der Waals surface area contributed by atoms with Gasteiger partial charge in [-0.25, -0.2) is 9.98 Å². The molecule has 148 valence electrons. The quantitative estimate of drug-likeness (QED) is 0.545. The number of aliphatic imine (C=N–C) groups is 1. The number of guanidine groups is 1. The first kappa shape index (κ1) is 19.7. The van der Waals surface area contributed by atoms with Gasteiger partial charge in [0.25, 0.3) is 0 Å². The summed E-state index contributed by atoms with van der Waals surface area (Å²) in [4.78, 5) is 22.6. The normalized spacial score (nSPS) is 15.5. The van der Waals surface area contributed by atoms with E-state index >= 15 is 0 Å². The lowest BCUT2D eigenvalue weighted by molar-refractivity contribution is -0.122. The summed E-state index contributed by atoms with van der Waals surface area (Å²) in [6, 6.07) is 10.0. The Morgan fingerprint density at radius 1 is 1.21 bits per heavy atom. The molecule has 1 aliphatic rings. The molecule has 0 aliphatic carbocycles. The number of anilines is 2. The van der Waals surface area contributed by atoms with Crippen molar-refractivity contribution in [3.05, 3.63) is 53.2 Å².